The molecule has 0 aliphatic rings. The van der Waals surface area contributed by atoms with Crippen LogP contribution in [0.5, 0.6) is 17.2 Å². The highest BCUT2D eigenvalue weighted by atomic mass is 16.5. The standard InChI is InChI=1S/C24H22N4O4/c1-30-18-11-22(31-2)19(23(12-18)32-3)14-25-28-24(29)21-13-20(26-27-21)17-9-8-15-6-4-5-7-16(15)10-17/h4-14H,1-3H3,(H,26,27)(H,28,29). The molecule has 1 amide bonds. The summed E-state index contributed by atoms with van der Waals surface area (Å²) in [4.78, 5) is 12.5. The third-order valence-corrected chi connectivity index (χ3v) is 4.98. The summed E-state index contributed by atoms with van der Waals surface area (Å²) in [5, 5.41) is 13.3. The second-order valence-electron chi connectivity index (χ2n) is 6.87. The molecule has 162 valence electrons. The van der Waals surface area contributed by atoms with E-state index in [4.69, 9.17) is 14.2 Å². The lowest BCUT2D eigenvalue weighted by Gasteiger charge is -2.12. The molecule has 1 heterocycles. The number of amides is 1. The van der Waals surface area contributed by atoms with Crippen molar-refractivity contribution in [1.29, 1.82) is 0 Å². The summed E-state index contributed by atoms with van der Waals surface area (Å²) in [5.41, 5.74) is 4.93. The number of carbonyl (C=O) groups excluding carboxylic acids is 1. The van der Waals surface area contributed by atoms with Crippen LogP contribution in [0.3, 0.4) is 0 Å². The number of fused-ring (bicyclic) bond motifs is 1. The number of methoxy groups -OCH3 is 3. The molecule has 0 aliphatic carbocycles. The topological polar surface area (TPSA) is 97.8 Å². The van der Waals surface area contributed by atoms with Gasteiger partial charge in [0.25, 0.3) is 5.91 Å². The first kappa shape index (κ1) is 20.9. The summed E-state index contributed by atoms with van der Waals surface area (Å²) in [6.07, 6.45) is 1.45. The van der Waals surface area contributed by atoms with E-state index in [1.165, 1.54) is 20.4 Å². The van der Waals surface area contributed by atoms with Gasteiger partial charge in [0.1, 0.15) is 22.9 Å². The van der Waals surface area contributed by atoms with E-state index in [9.17, 15) is 4.79 Å². The number of hydrogen-bond donors (Lipinski definition) is 2. The van der Waals surface area contributed by atoms with Gasteiger partial charge in [0.05, 0.1) is 38.8 Å². The minimum Gasteiger partial charge on any atom is -0.496 e. The molecule has 3 aromatic carbocycles. The molecule has 0 aliphatic heterocycles. The van der Waals surface area contributed by atoms with E-state index in [2.05, 4.69) is 20.7 Å². The molecule has 2 N–H and O–H groups in total. The highest BCUT2D eigenvalue weighted by molar-refractivity contribution is 5.95. The molecule has 0 spiro atoms. The summed E-state index contributed by atoms with van der Waals surface area (Å²) >= 11 is 0. The third kappa shape index (κ3) is 4.24. The van der Waals surface area contributed by atoms with Crippen molar-refractivity contribution < 1.29 is 19.0 Å². The number of nitrogens with one attached hydrogen (secondary N) is 2. The second kappa shape index (κ2) is 9.22. The number of H-pyrrole nitrogens is 1. The third-order valence-electron chi connectivity index (χ3n) is 4.98. The van der Waals surface area contributed by atoms with Gasteiger partial charge in [0, 0.05) is 17.7 Å². The average Bonchev–Trinajstić information content (AvgIpc) is 3.34. The second-order valence-corrected chi connectivity index (χ2v) is 6.87. The van der Waals surface area contributed by atoms with Crippen LogP contribution >= 0.6 is 0 Å². The number of aromatic nitrogens is 2. The molecule has 4 aromatic rings. The summed E-state index contributed by atoms with van der Waals surface area (Å²) < 4.78 is 16.0. The zero-order chi connectivity index (χ0) is 22.5. The largest absolute Gasteiger partial charge is 0.496 e. The van der Waals surface area contributed by atoms with Crippen molar-refractivity contribution in [2.24, 2.45) is 5.10 Å². The molecule has 0 fully saturated rings. The van der Waals surface area contributed by atoms with Crippen molar-refractivity contribution in [1.82, 2.24) is 15.6 Å². The van der Waals surface area contributed by atoms with Gasteiger partial charge in [-0.15, -0.1) is 0 Å². The van der Waals surface area contributed by atoms with E-state index >= 15 is 0 Å². The zero-order valence-corrected chi connectivity index (χ0v) is 17.9. The molecule has 1 aromatic heterocycles. The summed E-state index contributed by atoms with van der Waals surface area (Å²) in [5.74, 6) is 1.16. The molecule has 32 heavy (non-hydrogen) atoms. The van der Waals surface area contributed by atoms with Gasteiger partial charge < -0.3 is 14.2 Å². The highest BCUT2D eigenvalue weighted by Gasteiger charge is 2.13. The number of ether oxygens (including phenoxy) is 3. The average molecular weight is 430 g/mol. The Morgan fingerprint density at radius 1 is 0.938 bits per heavy atom. The minimum absolute atomic E-state index is 0.291. The number of benzene rings is 3. The summed E-state index contributed by atoms with van der Waals surface area (Å²) in [6.45, 7) is 0. The van der Waals surface area contributed by atoms with Gasteiger partial charge in [-0.1, -0.05) is 36.4 Å². The molecular weight excluding hydrogens is 408 g/mol. The lowest BCUT2D eigenvalue weighted by atomic mass is 10.1. The van der Waals surface area contributed by atoms with Gasteiger partial charge in [0.2, 0.25) is 0 Å². The van der Waals surface area contributed by atoms with Crippen LogP contribution in [-0.4, -0.2) is 43.6 Å². The molecule has 0 saturated heterocycles. The maximum Gasteiger partial charge on any atom is 0.289 e. The predicted molar refractivity (Wildman–Crippen MR) is 123 cm³/mol. The maximum atomic E-state index is 12.5. The first-order chi connectivity index (χ1) is 15.6. The number of hydrazone groups is 1. The van der Waals surface area contributed by atoms with Crippen LogP contribution in [-0.2, 0) is 0 Å². The summed E-state index contributed by atoms with van der Waals surface area (Å²) in [6, 6.07) is 19.2. The number of aromatic amines is 1. The number of nitrogens with zero attached hydrogens (tertiary/aromatic N) is 2. The van der Waals surface area contributed by atoms with Crippen LogP contribution in [0.25, 0.3) is 22.0 Å². The fourth-order valence-electron chi connectivity index (χ4n) is 3.31. The molecule has 4 rings (SSSR count). The molecule has 0 radical (unpaired) electrons. The Hall–Kier alpha value is -4.33. The Morgan fingerprint density at radius 2 is 1.66 bits per heavy atom. The van der Waals surface area contributed by atoms with Crippen LogP contribution < -0.4 is 19.6 Å². The Labute approximate surface area is 184 Å². The van der Waals surface area contributed by atoms with Crippen molar-refractivity contribution in [3.8, 4) is 28.5 Å². The van der Waals surface area contributed by atoms with Crippen molar-refractivity contribution in [2.45, 2.75) is 0 Å². The number of rotatable bonds is 7. The first-order valence-corrected chi connectivity index (χ1v) is 9.81. The van der Waals surface area contributed by atoms with Crippen molar-refractivity contribution in [3.63, 3.8) is 0 Å². The maximum absolute atomic E-state index is 12.5. The fraction of sp³-hybridized carbons (Fsp3) is 0.125. The van der Waals surface area contributed by atoms with Gasteiger partial charge in [-0.05, 0) is 22.9 Å². The molecule has 8 heteroatoms. The van der Waals surface area contributed by atoms with Crippen molar-refractivity contribution >= 4 is 22.9 Å². The van der Waals surface area contributed by atoms with Crippen LogP contribution in [0.4, 0.5) is 0 Å². The van der Waals surface area contributed by atoms with Gasteiger partial charge in [-0.3, -0.25) is 9.89 Å². The van der Waals surface area contributed by atoms with Gasteiger partial charge in [0.15, 0.2) is 0 Å². The molecule has 0 unspecified atom stereocenters. The highest BCUT2D eigenvalue weighted by Crippen LogP contribution is 2.32. The molecule has 0 bridgehead atoms. The lowest BCUT2D eigenvalue weighted by Crippen LogP contribution is -2.18. The quantitative estimate of drug-likeness (QED) is 0.341. The fourth-order valence-corrected chi connectivity index (χ4v) is 3.31. The Bertz CT molecular complexity index is 1270. The molecule has 0 atom stereocenters. The van der Waals surface area contributed by atoms with E-state index in [0.717, 1.165) is 16.3 Å². The van der Waals surface area contributed by atoms with Gasteiger partial charge in [-0.25, -0.2) is 5.43 Å². The van der Waals surface area contributed by atoms with Crippen molar-refractivity contribution in [2.75, 3.05) is 21.3 Å². The van der Waals surface area contributed by atoms with Gasteiger partial charge >= 0.3 is 0 Å². The summed E-state index contributed by atoms with van der Waals surface area (Å²) in [7, 11) is 4.62. The van der Waals surface area contributed by atoms with Crippen LogP contribution in [0.2, 0.25) is 0 Å². The van der Waals surface area contributed by atoms with E-state index < -0.39 is 5.91 Å². The Morgan fingerprint density at radius 3 is 2.34 bits per heavy atom. The van der Waals surface area contributed by atoms with Crippen LogP contribution in [0, 0.1) is 0 Å². The first-order valence-electron chi connectivity index (χ1n) is 9.81. The Balaban J connectivity index is 1.51. The molecular formula is C24H22N4O4. The van der Waals surface area contributed by atoms with E-state index in [0.29, 0.717) is 34.2 Å². The molecule has 0 saturated carbocycles. The zero-order valence-electron chi connectivity index (χ0n) is 17.9. The normalized spacial score (nSPS) is 11.0. The number of hydrogen-bond acceptors (Lipinski definition) is 6. The van der Waals surface area contributed by atoms with Crippen molar-refractivity contribution in [3.05, 3.63) is 71.9 Å². The van der Waals surface area contributed by atoms with Gasteiger partial charge in [-0.2, -0.15) is 10.2 Å². The molecule has 8 nitrogen and oxygen atoms in total. The predicted octanol–water partition coefficient (Wildman–Crippen LogP) is 4.02. The number of carbonyl (C=O) groups is 1. The SMILES string of the molecule is COc1cc(OC)c(C=NNC(=O)c2cc(-c3ccc4ccccc4c3)n[nH]2)c(OC)c1. The minimum atomic E-state index is -0.424. The lowest BCUT2D eigenvalue weighted by molar-refractivity contribution is 0.0950. The van der Waals surface area contributed by atoms with E-state index in [1.807, 2.05) is 42.5 Å². The smallest absolute Gasteiger partial charge is 0.289 e. The monoisotopic (exact) mass is 430 g/mol. The van der Waals surface area contributed by atoms with Crippen LogP contribution in [0.1, 0.15) is 16.1 Å². The Kier molecular flexibility index (Phi) is 6.03. The van der Waals surface area contributed by atoms with E-state index in [1.54, 1.807) is 25.3 Å². The van der Waals surface area contributed by atoms with Crippen LogP contribution in [0.15, 0.2) is 65.8 Å². The van der Waals surface area contributed by atoms with E-state index in [-0.39, 0.29) is 0 Å².